The van der Waals surface area contributed by atoms with Crippen LogP contribution in [-0.4, -0.2) is 0 Å². The van der Waals surface area contributed by atoms with Gasteiger partial charge in [-0.1, -0.05) is 0 Å². The molecule has 0 atom stereocenters. The molecule has 160 valence electrons. The maximum Gasteiger partial charge on any atom is 0.0824 e. The molecule has 0 saturated heterocycles. The van der Waals surface area contributed by atoms with Crippen molar-refractivity contribution >= 4 is 68.2 Å². The molecule has 0 amide bonds. The molecule has 0 aliphatic carbocycles. The fraction of sp³-hybridized carbons (Fsp3) is 0. The van der Waals surface area contributed by atoms with E-state index in [1.807, 2.05) is 0 Å². The molecule has 3 rings (SSSR count). The second-order valence-corrected chi connectivity index (χ2v) is 6.58. The minimum atomic E-state index is 0.144. The summed E-state index contributed by atoms with van der Waals surface area (Å²) in [4.78, 5) is 0. The van der Waals surface area contributed by atoms with E-state index in [1.165, 1.54) is 6.07 Å². The fourth-order valence-corrected chi connectivity index (χ4v) is 2.68. The summed E-state index contributed by atoms with van der Waals surface area (Å²) in [6.45, 7) is 0. The van der Waals surface area contributed by atoms with Crippen LogP contribution in [0.4, 0.5) is 68.2 Å². The largest absolute Gasteiger partial charge is 0.398 e. The second kappa shape index (κ2) is 7.71. The molecule has 0 unspecified atom stereocenters. The quantitative estimate of drug-likeness (QED) is 0.235. The van der Waals surface area contributed by atoms with E-state index in [-0.39, 0.29) is 28.4 Å². The highest BCUT2D eigenvalue weighted by molar-refractivity contribution is 6.08. The summed E-state index contributed by atoms with van der Waals surface area (Å²) in [5, 5.41) is 0. The smallest absolute Gasteiger partial charge is 0.0824 e. The highest BCUT2D eigenvalue weighted by Crippen LogP contribution is 2.46. The third kappa shape index (κ3) is 3.64. The zero-order chi connectivity index (χ0) is 22.9. The summed E-state index contributed by atoms with van der Waals surface area (Å²) < 4.78 is 0. The molecule has 3 aromatic carbocycles. The Bertz CT molecular complexity index is 1070. The van der Waals surface area contributed by atoms with Gasteiger partial charge in [0, 0.05) is 16.8 Å². The van der Waals surface area contributed by atoms with Crippen LogP contribution >= 0.6 is 0 Å². The van der Waals surface area contributed by atoms with Gasteiger partial charge in [-0.15, -0.1) is 0 Å². The average molecular weight is 413 g/mol. The lowest BCUT2D eigenvalue weighted by atomic mass is 9.96. The molecule has 0 heterocycles. The molecule has 12 heteroatoms. The van der Waals surface area contributed by atoms with Crippen LogP contribution in [-0.2, 0) is 0 Å². The SMILES string of the molecule is Nc1cc(N)c(-c2c(N)c(N)c(N)c(N)c2N)cc1N.Nc1ccc(N)c(N)c1N. The van der Waals surface area contributed by atoms with Crippen molar-refractivity contribution in [3.05, 3.63) is 24.3 Å². The van der Waals surface area contributed by atoms with E-state index >= 15 is 0 Å². The number of nitrogen functional groups attached to an aromatic ring is 12. The normalized spacial score (nSPS) is 10.3. The Morgan fingerprint density at radius 3 is 1.13 bits per heavy atom. The molecule has 0 saturated carbocycles. The van der Waals surface area contributed by atoms with Crippen molar-refractivity contribution in [1.82, 2.24) is 0 Å². The van der Waals surface area contributed by atoms with Crippen LogP contribution in [0.1, 0.15) is 0 Å². The standard InChI is InChI=1S/C12H18N8.C6H10N4/c13-4-2-6(15)5(14)1-3(4)7-8(16)10(18)12(20)11(19)9(7)17;7-3-1-2-4(8)6(10)5(3)9/h1-2H,13-20H2;1-2H,7-10H2. The molecule has 0 radical (unpaired) electrons. The summed E-state index contributed by atoms with van der Waals surface area (Å²) in [6.07, 6.45) is 0. The van der Waals surface area contributed by atoms with Crippen LogP contribution in [0.15, 0.2) is 24.3 Å². The van der Waals surface area contributed by atoms with Gasteiger partial charge in [0.1, 0.15) is 0 Å². The van der Waals surface area contributed by atoms with Gasteiger partial charge in [0.05, 0.1) is 62.6 Å². The van der Waals surface area contributed by atoms with Crippen LogP contribution in [0.5, 0.6) is 0 Å². The van der Waals surface area contributed by atoms with E-state index in [0.29, 0.717) is 50.9 Å². The second-order valence-electron chi connectivity index (χ2n) is 6.58. The van der Waals surface area contributed by atoms with Crippen molar-refractivity contribution in [3.8, 4) is 11.1 Å². The topological polar surface area (TPSA) is 312 Å². The van der Waals surface area contributed by atoms with Gasteiger partial charge in [-0.05, 0) is 24.3 Å². The molecule has 12 nitrogen and oxygen atoms in total. The first-order valence-electron chi connectivity index (χ1n) is 8.53. The predicted octanol–water partition coefficient (Wildman–Crippen LogP) is 0.0266. The number of anilines is 12. The van der Waals surface area contributed by atoms with E-state index in [1.54, 1.807) is 18.2 Å². The molecular formula is C18H28N12. The first-order chi connectivity index (χ1) is 13.9. The molecule has 0 fully saturated rings. The number of nitrogens with two attached hydrogens (primary N) is 12. The van der Waals surface area contributed by atoms with Crippen LogP contribution in [0.3, 0.4) is 0 Å². The summed E-state index contributed by atoms with van der Waals surface area (Å²) in [5.74, 6) is 0. The number of hydrogen-bond donors (Lipinski definition) is 12. The number of rotatable bonds is 1. The molecule has 3 aromatic rings. The van der Waals surface area contributed by atoms with E-state index in [4.69, 9.17) is 68.8 Å². The summed E-state index contributed by atoms with van der Waals surface area (Å²) in [6, 6.07) is 6.34. The Balaban J connectivity index is 0.000000269. The van der Waals surface area contributed by atoms with Crippen molar-refractivity contribution in [2.24, 2.45) is 0 Å². The lowest BCUT2D eigenvalue weighted by Crippen LogP contribution is -2.10. The highest BCUT2D eigenvalue weighted by atomic mass is 14.8. The Kier molecular flexibility index (Phi) is 5.54. The minimum Gasteiger partial charge on any atom is -0.398 e. The first-order valence-corrected chi connectivity index (χ1v) is 8.53. The molecule has 30 heavy (non-hydrogen) atoms. The Hall–Kier alpha value is -4.74. The lowest BCUT2D eigenvalue weighted by Gasteiger charge is -2.19. The molecule has 0 aliphatic heterocycles. The summed E-state index contributed by atoms with van der Waals surface area (Å²) >= 11 is 0. The molecule has 0 spiro atoms. The van der Waals surface area contributed by atoms with Crippen molar-refractivity contribution in [1.29, 1.82) is 0 Å². The Labute approximate surface area is 173 Å². The van der Waals surface area contributed by atoms with E-state index < -0.39 is 0 Å². The molecule has 0 aliphatic rings. The number of hydrogen-bond acceptors (Lipinski definition) is 12. The van der Waals surface area contributed by atoms with Gasteiger partial charge in [0.15, 0.2) is 0 Å². The van der Waals surface area contributed by atoms with E-state index in [9.17, 15) is 0 Å². The summed E-state index contributed by atoms with van der Waals surface area (Å²) in [5.41, 5.74) is 73.0. The van der Waals surface area contributed by atoms with Gasteiger partial charge in [-0.25, -0.2) is 0 Å². The van der Waals surface area contributed by atoms with Gasteiger partial charge in [0.25, 0.3) is 0 Å². The Morgan fingerprint density at radius 1 is 0.333 bits per heavy atom. The molecule has 24 N–H and O–H groups in total. The van der Waals surface area contributed by atoms with Crippen LogP contribution in [0.2, 0.25) is 0 Å². The monoisotopic (exact) mass is 412 g/mol. The maximum absolute atomic E-state index is 5.97. The molecular weight excluding hydrogens is 384 g/mol. The van der Waals surface area contributed by atoms with Gasteiger partial charge in [0.2, 0.25) is 0 Å². The lowest BCUT2D eigenvalue weighted by molar-refractivity contribution is 1.57. The third-order valence-corrected chi connectivity index (χ3v) is 4.58. The van der Waals surface area contributed by atoms with E-state index in [0.717, 1.165) is 0 Å². The van der Waals surface area contributed by atoms with Crippen molar-refractivity contribution in [2.45, 2.75) is 0 Å². The van der Waals surface area contributed by atoms with Crippen molar-refractivity contribution < 1.29 is 0 Å². The van der Waals surface area contributed by atoms with Crippen molar-refractivity contribution in [3.63, 3.8) is 0 Å². The zero-order valence-corrected chi connectivity index (χ0v) is 16.2. The zero-order valence-electron chi connectivity index (χ0n) is 16.2. The molecule has 0 aromatic heterocycles. The van der Waals surface area contributed by atoms with Gasteiger partial charge in [-0.2, -0.15) is 0 Å². The third-order valence-electron chi connectivity index (χ3n) is 4.58. The molecule has 0 bridgehead atoms. The van der Waals surface area contributed by atoms with Gasteiger partial charge >= 0.3 is 0 Å². The number of benzene rings is 3. The van der Waals surface area contributed by atoms with Crippen LogP contribution in [0, 0.1) is 0 Å². The predicted molar refractivity (Wildman–Crippen MR) is 131 cm³/mol. The van der Waals surface area contributed by atoms with E-state index in [2.05, 4.69) is 0 Å². The van der Waals surface area contributed by atoms with Crippen LogP contribution in [0.25, 0.3) is 11.1 Å². The minimum absolute atomic E-state index is 0.144. The highest BCUT2D eigenvalue weighted by Gasteiger charge is 2.19. The average Bonchev–Trinajstić information content (AvgIpc) is 2.70. The Morgan fingerprint density at radius 2 is 0.700 bits per heavy atom. The maximum atomic E-state index is 5.97. The van der Waals surface area contributed by atoms with Crippen molar-refractivity contribution in [2.75, 3.05) is 68.8 Å². The van der Waals surface area contributed by atoms with Crippen LogP contribution < -0.4 is 68.8 Å². The van der Waals surface area contributed by atoms with Gasteiger partial charge < -0.3 is 68.8 Å². The fourth-order valence-electron chi connectivity index (χ4n) is 2.68. The summed E-state index contributed by atoms with van der Waals surface area (Å²) in [7, 11) is 0. The first kappa shape index (κ1) is 21.6. The van der Waals surface area contributed by atoms with Gasteiger partial charge in [-0.3, -0.25) is 0 Å².